The fourth-order valence-corrected chi connectivity index (χ4v) is 5.81. The third-order valence-electron chi connectivity index (χ3n) is 8.45. The average molecular weight is 617 g/mol. The van der Waals surface area contributed by atoms with Crippen molar-refractivity contribution in [1.29, 1.82) is 0 Å². The molecule has 2 aliphatic rings. The Labute approximate surface area is 261 Å². The molecule has 2 saturated heterocycles. The maximum absolute atomic E-state index is 15.6. The van der Waals surface area contributed by atoms with E-state index in [1.165, 1.54) is 27.3 Å². The number of anilines is 1. The number of carbonyl (C=O) groups is 4. The molecule has 0 radical (unpaired) electrons. The summed E-state index contributed by atoms with van der Waals surface area (Å²) in [6.07, 6.45) is 1.55. The number of piperidine rings is 1. The minimum absolute atomic E-state index is 0.0838. The average Bonchev–Trinajstić information content (AvgIpc) is 3.02. The fourth-order valence-electron chi connectivity index (χ4n) is 5.81. The van der Waals surface area contributed by atoms with Gasteiger partial charge in [0, 0.05) is 38.4 Å². The van der Waals surface area contributed by atoms with Gasteiger partial charge in [-0.1, -0.05) is 30.3 Å². The zero-order valence-electron chi connectivity index (χ0n) is 25.9. The molecule has 0 saturated carbocycles. The van der Waals surface area contributed by atoms with Crippen molar-refractivity contribution < 1.29 is 28.3 Å². The number of nitrogens with one attached hydrogen (secondary N) is 4. The SMILES string of the molecule is COc1cc(-c2cccc(-c3cccc(NC(=O)C4NN(C)C(=O)N(C)C4=O)c3C)c2C)cc(F)c1CN[C@H]1CCCNC1=O. The maximum atomic E-state index is 15.6. The third-order valence-corrected chi connectivity index (χ3v) is 8.45. The van der Waals surface area contributed by atoms with Gasteiger partial charge in [0.2, 0.25) is 5.91 Å². The Hall–Kier alpha value is -4.81. The number of carbonyl (C=O) groups excluding carboxylic acids is 4. The van der Waals surface area contributed by atoms with Crippen LogP contribution in [0.3, 0.4) is 0 Å². The van der Waals surface area contributed by atoms with E-state index in [4.69, 9.17) is 4.74 Å². The number of benzene rings is 3. The predicted octanol–water partition coefficient (Wildman–Crippen LogP) is 3.49. The van der Waals surface area contributed by atoms with Crippen LogP contribution in [-0.4, -0.2) is 73.5 Å². The van der Waals surface area contributed by atoms with E-state index in [9.17, 15) is 19.2 Å². The first-order chi connectivity index (χ1) is 21.5. The van der Waals surface area contributed by atoms with Crippen molar-refractivity contribution >= 4 is 29.4 Å². The number of imide groups is 1. The molecule has 2 aliphatic heterocycles. The molecule has 3 aromatic carbocycles. The number of rotatable bonds is 8. The standard InChI is InChI=1S/C33H37FN6O5/c1-18-21(20-15-25(34)24(28(16-20)45-5)17-36-27-13-8-14-35-30(27)41)9-6-10-22(18)23-11-7-12-26(19(23)2)37-31(42)29-32(43)39(3)33(44)40(4)38-29/h6-7,9-12,15-16,27,29,36,38H,8,13-14,17H2,1-5H3,(H,35,41)(H,37,42)/t27-,29?/m0/s1. The smallest absolute Gasteiger partial charge is 0.340 e. The van der Waals surface area contributed by atoms with Crippen molar-refractivity contribution in [2.24, 2.45) is 0 Å². The van der Waals surface area contributed by atoms with Gasteiger partial charge in [0.05, 0.1) is 13.2 Å². The van der Waals surface area contributed by atoms with Gasteiger partial charge < -0.3 is 20.7 Å². The van der Waals surface area contributed by atoms with Crippen molar-refractivity contribution in [3.63, 3.8) is 0 Å². The van der Waals surface area contributed by atoms with Crippen LogP contribution in [0.2, 0.25) is 0 Å². The van der Waals surface area contributed by atoms with E-state index in [1.54, 1.807) is 18.2 Å². The summed E-state index contributed by atoms with van der Waals surface area (Å²) in [5, 5.41) is 9.90. The molecule has 12 heteroatoms. The van der Waals surface area contributed by atoms with E-state index in [0.29, 0.717) is 35.5 Å². The normalized spacial score (nSPS) is 18.6. The molecule has 4 N–H and O–H groups in total. The molecule has 2 heterocycles. The van der Waals surface area contributed by atoms with Crippen LogP contribution in [0.4, 0.5) is 14.9 Å². The molecule has 2 atom stereocenters. The highest BCUT2D eigenvalue weighted by molar-refractivity contribution is 6.15. The summed E-state index contributed by atoms with van der Waals surface area (Å²) in [4.78, 5) is 50.8. The first-order valence-electron chi connectivity index (χ1n) is 14.7. The highest BCUT2D eigenvalue weighted by Gasteiger charge is 2.39. The molecule has 236 valence electrons. The van der Waals surface area contributed by atoms with E-state index in [-0.39, 0.29) is 18.5 Å². The zero-order chi connectivity index (χ0) is 32.4. The monoisotopic (exact) mass is 616 g/mol. The van der Waals surface area contributed by atoms with Crippen LogP contribution in [0.5, 0.6) is 5.75 Å². The van der Waals surface area contributed by atoms with Gasteiger partial charge in [-0.3, -0.25) is 24.3 Å². The molecule has 5 amide bonds. The number of urea groups is 1. The van der Waals surface area contributed by atoms with Gasteiger partial charge in [0.25, 0.3) is 11.8 Å². The number of likely N-dealkylation sites (N-methyl/N-ethyl adjacent to an activating group) is 1. The summed E-state index contributed by atoms with van der Waals surface area (Å²) in [7, 11) is 4.26. The number of hydrazine groups is 1. The van der Waals surface area contributed by atoms with Crippen LogP contribution < -0.4 is 26.1 Å². The topological polar surface area (TPSA) is 132 Å². The summed E-state index contributed by atoms with van der Waals surface area (Å²) in [6.45, 7) is 4.61. The van der Waals surface area contributed by atoms with Crippen LogP contribution in [0.25, 0.3) is 22.3 Å². The van der Waals surface area contributed by atoms with E-state index < -0.39 is 29.7 Å². The lowest BCUT2D eigenvalue weighted by atomic mass is 9.90. The fraction of sp³-hybridized carbons (Fsp3) is 0.333. The zero-order valence-corrected chi connectivity index (χ0v) is 25.9. The maximum Gasteiger partial charge on any atom is 0.340 e. The molecule has 0 aliphatic carbocycles. The van der Waals surface area contributed by atoms with Crippen LogP contribution in [0.15, 0.2) is 48.5 Å². The largest absolute Gasteiger partial charge is 0.496 e. The lowest BCUT2D eigenvalue weighted by molar-refractivity contribution is -0.139. The van der Waals surface area contributed by atoms with Gasteiger partial charge in [-0.2, -0.15) is 0 Å². The Morgan fingerprint density at radius 3 is 2.42 bits per heavy atom. The van der Waals surface area contributed by atoms with Crippen LogP contribution in [-0.2, 0) is 20.9 Å². The van der Waals surface area contributed by atoms with Gasteiger partial charge in [0.15, 0.2) is 6.04 Å². The number of hydrogen-bond donors (Lipinski definition) is 4. The van der Waals surface area contributed by atoms with Crippen LogP contribution in [0, 0.1) is 19.7 Å². The second-order valence-electron chi connectivity index (χ2n) is 11.3. The number of nitrogens with zero attached hydrogens (tertiary/aromatic N) is 2. The van der Waals surface area contributed by atoms with Gasteiger partial charge in [0.1, 0.15) is 11.6 Å². The lowest BCUT2D eigenvalue weighted by Gasteiger charge is -2.34. The molecular weight excluding hydrogens is 579 g/mol. The molecule has 1 unspecified atom stereocenters. The Bertz CT molecular complexity index is 1680. The van der Waals surface area contributed by atoms with E-state index >= 15 is 4.39 Å². The van der Waals surface area contributed by atoms with Gasteiger partial charge in [-0.05, 0) is 78.3 Å². The first-order valence-corrected chi connectivity index (χ1v) is 14.7. The lowest BCUT2D eigenvalue weighted by Crippen LogP contribution is -2.66. The second kappa shape index (κ2) is 13.0. The minimum atomic E-state index is -1.27. The van der Waals surface area contributed by atoms with Gasteiger partial charge >= 0.3 is 6.03 Å². The number of hydrogen-bond acceptors (Lipinski definition) is 7. The highest BCUT2D eigenvalue weighted by atomic mass is 19.1. The minimum Gasteiger partial charge on any atom is -0.496 e. The molecule has 0 aromatic heterocycles. The van der Waals surface area contributed by atoms with Crippen LogP contribution in [0.1, 0.15) is 29.5 Å². The number of methoxy groups -OCH3 is 1. The van der Waals surface area contributed by atoms with E-state index in [1.807, 2.05) is 38.1 Å². The summed E-state index contributed by atoms with van der Waals surface area (Å²) in [5.41, 5.74) is 8.31. The van der Waals surface area contributed by atoms with Crippen molar-refractivity contribution in [2.75, 3.05) is 33.1 Å². The van der Waals surface area contributed by atoms with Crippen LogP contribution >= 0.6 is 0 Å². The molecule has 5 rings (SSSR count). The van der Waals surface area contributed by atoms with E-state index in [2.05, 4.69) is 21.4 Å². The molecule has 45 heavy (non-hydrogen) atoms. The molecular formula is C33H37FN6O5. The quantitative estimate of drug-likeness (QED) is 0.285. The summed E-state index contributed by atoms with van der Waals surface area (Å²) >= 11 is 0. The van der Waals surface area contributed by atoms with Crippen molar-refractivity contribution in [3.8, 4) is 28.0 Å². The Kier molecular flexibility index (Phi) is 9.16. The Morgan fingerprint density at radius 1 is 1.02 bits per heavy atom. The molecule has 3 aromatic rings. The summed E-state index contributed by atoms with van der Waals surface area (Å²) in [6, 6.07) is 12.3. The van der Waals surface area contributed by atoms with Crippen molar-refractivity contribution in [3.05, 3.63) is 71.0 Å². The number of ether oxygens (including phenoxy) is 1. The van der Waals surface area contributed by atoms with Crippen molar-refractivity contribution in [2.45, 2.75) is 45.3 Å². The summed E-state index contributed by atoms with van der Waals surface area (Å²) in [5.74, 6) is -1.40. The molecule has 0 bridgehead atoms. The Morgan fingerprint density at radius 2 is 1.71 bits per heavy atom. The number of amides is 5. The first kappa shape index (κ1) is 31.6. The second-order valence-corrected chi connectivity index (χ2v) is 11.3. The Balaban J connectivity index is 1.41. The molecule has 2 fully saturated rings. The van der Waals surface area contributed by atoms with Crippen molar-refractivity contribution in [1.82, 2.24) is 26.0 Å². The number of halogens is 1. The predicted molar refractivity (Wildman–Crippen MR) is 168 cm³/mol. The van der Waals surface area contributed by atoms with Gasteiger partial charge in [-0.25, -0.2) is 14.6 Å². The van der Waals surface area contributed by atoms with E-state index in [0.717, 1.165) is 44.1 Å². The van der Waals surface area contributed by atoms with Gasteiger partial charge in [-0.15, -0.1) is 0 Å². The third kappa shape index (κ3) is 6.24. The highest BCUT2D eigenvalue weighted by Crippen LogP contribution is 2.37. The molecule has 11 nitrogen and oxygen atoms in total. The summed E-state index contributed by atoms with van der Waals surface area (Å²) < 4.78 is 21.1. The molecule has 0 spiro atoms.